The van der Waals surface area contributed by atoms with E-state index in [2.05, 4.69) is 10.3 Å². The van der Waals surface area contributed by atoms with Gasteiger partial charge in [-0.3, -0.25) is 14.4 Å². The number of alkyl halides is 3. The number of ketones is 1. The van der Waals surface area contributed by atoms with Crippen molar-refractivity contribution in [2.45, 2.75) is 26.1 Å². The lowest BCUT2D eigenvalue weighted by molar-refractivity contribution is -0.145. The molecule has 0 spiro atoms. The zero-order valence-corrected chi connectivity index (χ0v) is 16.7. The molecule has 0 aliphatic rings. The minimum atomic E-state index is -4.51. The van der Waals surface area contributed by atoms with Crippen LogP contribution in [0.15, 0.2) is 48.5 Å². The van der Waals surface area contributed by atoms with Crippen LogP contribution in [0.1, 0.15) is 38.9 Å². The smallest absolute Gasteiger partial charge is 0.416 e. The van der Waals surface area contributed by atoms with Crippen LogP contribution in [0.4, 0.5) is 13.2 Å². The zero-order chi connectivity index (χ0) is 22.8. The minimum Gasteiger partial charge on any atom is -0.453 e. The fourth-order valence-corrected chi connectivity index (χ4v) is 3.15. The Kier molecular flexibility index (Phi) is 6.14. The van der Waals surface area contributed by atoms with Crippen LogP contribution < -0.4 is 5.32 Å². The van der Waals surface area contributed by atoms with Crippen LogP contribution in [-0.2, 0) is 15.7 Å². The number of para-hydroxylation sites is 1. The van der Waals surface area contributed by atoms with Crippen LogP contribution in [0.25, 0.3) is 10.9 Å². The van der Waals surface area contributed by atoms with E-state index in [1.807, 2.05) is 12.1 Å². The number of nitrogens with one attached hydrogen (secondary N) is 2. The fourth-order valence-electron chi connectivity index (χ4n) is 3.15. The number of carbonyl (C=O) groups is 3. The number of H-pyrrole nitrogens is 1. The maximum absolute atomic E-state index is 12.8. The standard InChI is InChI=1S/C22H19F3N2O4/c1-12-19(16-5-3-4-6-17(16)27-12)20(29)13(2)31-18(28)11-26-21(30)14-7-9-15(10-8-14)22(23,24)25/h3-10,13,27H,11H2,1-2H3,(H,26,30). The number of Topliss-reactive ketones (excluding diaryl/α,β-unsaturated/α-hetero) is 1. The van der Waals surface area contributed by atoms with Crippen LogP contribution in [-0.4, -0.2) is 35.3 Å². The largest absolute Gasteiger partial charge is 0.453 e. The average molecular weight is 432 g/mol. The lowest BCUT2D eigenvalue weighted by Gasteiger charge is -2.13. The number of aryl methyl sites for hydroxylation is 1. The van der Waals surface area contributed by atoms with E-state index >= 15 is 0 Å². The molecule has 9 heteroatoms. The van der Waals surface area contributed by atoms with Gasteiger partial charge in [0.1, 0.15) is 6.54 Å². The lowest BCUT2D eigenvalue weighted by atomic mass is 10.0. The summed E-state index contributed by atoms with van der Waals surface area (Å²) in [5, 5.41) is 2.98. The Morgan fingerprint density at radius 2 is 1.71 bits per heavy atom. The van der Waals surface area contributed by atoms with E-state index in [1.54, 1.807) is 19.1 Å². The van der Waals surface area contributed by atoms with E-state index in [4.69, 9.17) is 4.74 Å². The van der Waals surface area contributed by atoms with Crippen molar-refractivity contribution in [2.75, 3.05) is 6.54 Å². The van der Waals surface area contributed by atoms with Crippen molar-refractivity contribution in [3.8, 4) is 0 Å². The molecule has 1 unspecified atom stereocenters. The normalized spacial score (nSPS) is 12.4. The molecule has 3 rings (SSSR count). The van der Waals surface area contributed by atoms with Crippen LogP contribution in [0.5, 0.6) is 0 Å². The molecule has 1 aromatic heterocycles. The molecule has 0 aliphatic heterocycles. The van der Waals surface area contributed by atoms with E-state index in [0.717, 1.165) is 29.8 Å². The molecule has 3 aromatic rings. The van der Waals surface area contributed by atoms with Crippen molar-refractivity contribution in [2.24, 2.45) is 0 Å². The molecule has 31 heavy (non-hydrogen) atoms. The van der Waals surface area contributed by atoms with Gasteiger partial charge in [-0.1, -0.05) is 18.2 Å². The third-order valence-electron chi connectivity index (χ3n) is 4.69. The number of ether oxygens (including phenoxy) is 1. The van der Waals surface area contributed by atoms with Crippen LogP contribution in [0, 0.1) is 6.92 Å². The Bertz CT molecular complexity index is 1130. The number of amides is 1. The molecule has 0 saturated heterocycles. The number of esters is 1. The molecule has 162 valence electrons. The van der Waals surface area contributed by atoms with Gasteiger partial charge in [0.05, 0.1) is 5.56 Å². The van der Waals surface area contributed by atoms with E-state index in [1.165, 1.54) is 6.92 Å². The van der Waals surface area contributed by atoms with Gasteiger partial charge >= 0.3 is 12.1 Å². The van der Waals surface area contributed by atoms with Gasteiger partial charge < -0.3 is 15.0 Å². The number of aromatic nitrogens is 1. The summed E-state index contributed by atoms with van der Waals surface area (Å²) in [6.45, 7) is 2.63. The van der Waals surface area contributed by atoms with Crippen LogP contribution in [0.3, 0.4) is 0 Å². The number of fused-ring (bicyclic) bond motifs is 1. The van der Waals surface area contributed by atoms with Gasteiger partial charge in [-0.15, -0.1) is 0 Å². The van der Waals surface area contributed by atoms with Crippen molar-refractivity contribution < 1.29 is 32.3 Å². The number of hydrogen-bond acceptors (Lipinski definition) is 4. The van der Waals surface area contributed by atoms with Crippen molar-refractivity contribution >= 4 is 28.6 Å². The highest BCUT2D eigenvalue weighted by atomic mass is 19.4. The Morgan fingerprint density at radius 1 is 1.06 bits per heavy atom. The molecule has 6 nitrogen and oxygen atoms in total. The molecule has 0 saturated carbocycles. The van der Waals surface area contributed by atoms with E-state index in [0.29, 0.717) is 16.6 Å². The van der Waals surface area contributed by atoms with Gasteiger partial charge in [-0.05, 0) is 44.2 Å². The molecule has 1 atom stereocenters. The van der Waals surface area contributed by atoms with Gasteiger partial charge in [0.2, 0.25) is 5.78 Å². The summed E-state index contributed by atoms with van der Waals surface area (Å²) in [6, 6.07) is 10.8. The molecule has 2 N–H and O–H groups in total. The summed E-state index contributed by atoms with van der Waals surface area (Å²) in [4.78, 5) is 40.0. The van der Waals surface area contributed by atoms with E-state index < -0.39 is 42.0 Å². The Labute approximate surface area is 175 Å². The first-order valence-corrected chi connectivity index (χ1v) is 9.34. The Morgan fingerprint density at radius 3 is 2.35 bits per heavy atom. The summed E-state index contributed by atoms with van der Waals surface area (Å²) in [7, 11) is 0. The first kappa shape index (κ1) is 22.1. The zero-order valence-electron chi connectivity index (χ0n) is 16.7. The second-order valence-corrected chi connectivity index (χ2v) is 6.92. The van der Waals surface area contributed by atoms with Gasteiger partial charge in [0, 0.05) is 27.7 Å². The number of rotatable bonds is 6. The lowest BCUT2D eigenvalue weighted by Crippen LogP contribution is -2.34. The summed E-state index contributed by atoms with van der Waals surface area (Å²) in [5.41, 5.74) is 0.919. The number of carbonyl (C=O) groups excluding carboxylic acids is 3. The minimum absolute atomic E-state index is 0.0423. The Hall–Kier alpha value is -3.62. The highest BCUT2D eigenvalue weighted by molar-refractivity contribution is 6.11. The van der Waals surface area contributed by atoms with Gasteiger partial charge in [0.25, 0.3) is 5.91 Å². The Balaban J connectivity index is 1.58. The predicted molar refractivity (Wildman–Crippen MR) is 107 cm³/mol. The third-order valence-corrected chi connectivity index (χ3v) is 4.69. The molecule has 2 aromatic carbocycles. The van der Waals surface area contributed by atoms with Crippen molar-refractivity contribution in [3.05, 3.63) is 70.9 Å². The number of aromatic amines is 1. The summed E-state index contributed by atoms with van der Waals surface area (Å²) < 4.78 is 42.9. The molecule has 0 aliphatic carbocycles. The van der Waals surface area contributed by atoms with Crippen molar-refractivity contribution in [1.82, 2.24) is 10.3 Å². The highest BCUT2D eigenvalue weighted by Crippen LogP contribution is 2.29. The number of hydrogen-bond donors (Lipinski definition) is 2. The number of halogens is 3. The highest BCUT2D eigenvalue weighted by Gasteiger charge is 2.30. The molecular formula is C22H19F3N2O4. The molecule has 0 fully saturated rings. The molecule has 1 heterocycles. The maximum atomic E-state index is 12.8. The molecule has 1 amide bonds. The first-order valence-electron chi connectivity index (χ1n) is 9.34. The molecular weight excluding hydrogens is 413 g/mol. The predicted octanol–water partition coefficient (Wildman–Crippen LogP) is 4.04. The maximum Gasteiger partial charge on any atom is 0.416 e. The second kappa shape index (κ2) is 8.63. The monoisotopic (exact) mass is 432 g/mol. The second-order valence-electron chi connectivity index (χ2n) is 6.92. The molecule has 0 bridgehead atoms. The quantitative estimate of drug-likeness (QED) is 0.455. The van der Waals surface area contributed by atoms with Crippen LogP contribution in [0.2, 0.25) is 0 Å². The fraction of sp³-hybridized carbons (Fsp3) is 0.227. The summed E-state index contributed by atoms with van der Waals surface area (Å²) >= 11 is 0. The van der Waals surface area contributed by atoms with Crippen molar-refractivity contribution in [1.29, 1.82) is 0 Å². The molecule has 0 radical (unpaired) electrons. The first-order chi connectivity index (χ1) is 14.6. The summed E-state index contributed by atoms with van der Waals surface area (Å²) in [6.07, 6.45) is -5.60. The third kappa shape index (κ3) is 4.93. The van der Waals surface area contributed by atoms with Crippen LogP contribution >= 0.6 is 0 Å². The topological polar surface area (TPSA) is 88.3 Å². The number of benzene rings is 2. The van der Waals surface area contributed by atoms with Gasteiger partial charge in [-0.25, -0.2) is 0 Å². The van der Waals surface area contributed by atoms with Gasteiger partial charge in [-0.2, -0.15) is 13.2 Å². The average Bonchev–Trinajstić information content (AvgIpc) is 3.06. The van der Waals surface area contributed by atoms with E-state index in [-0.39, 0.29) is 5.56 Å². The van der Waals surface area contributed by atoms with Crippen molar-refractivity contribution in [3.63, 3.8) is 0 Å². The SMILES string of the molecule is Cc1[nH]c2ccccc2c1C(=O)C(C)OC(=O)CNC(=O)c1ccc(C(F)(F)F)cc1. The van der Waals surface area contributed by atoms with Gasteiger partial charge in [0.15, 0.2) is 6.10 Å². The van der Waals surface area contributed by atoms with E-state index in [9.17, 15) is 27.6 Å². The summed E-state index contributed by atoms with van der Waals surface area (Å²) in [5.74, 6) is -1.98.